The standard InChI is InChI=1S/C18H30N4O2/c1-5-10-20-17(23)13-22-18(19-6-2)21-11-9-15-8-7-14(3)16(12-15)24-4/h7-8,12H,5-6,9-11,13H2,1-4H3,(H,20,23)(H2,19,21,22). The second-order valence-electron chi connectivity index (χ2n) is 5.53. The number of ether oxygens (including phenoxy) is 1. The summed E-state index contributed by atoms with van der Waals surface area (Å²) in [4.78, 5) is 15.9. The number of nitrogens with zero attached hydrogens (tertiary/aromatic N) is 1. The molecule has 0 aromatic heterocycles. The maximum Gasteiger partial charge on any atom is 0.241 e. The largest absolute Gasteiger partial charge is 0.496 e. The summed E-state index contributed by atoms with van der Waals surface area (Å²) < 4.78 is 5.35. The van der Waals surface area contributed by atoms with E-state index in [0.29, 0.717) is 12.5 Å². The van der Waals surface area contributed by atoms with Gasteiger partial charge in [0, 0.05) is 19.6 Å². The van der Waals surface area contributed by atoms with Crippen LogP contribution in [0.1, 0.15) is 31.4 Å². The van der Waals surface area contributed by atoms with Crippen LogP contribution in [0.2, 0.25) is 0 Å². The average Bonchev–Trinajstić information content (AvgIpc) is 2.59. The Labute approximate surface area is 145 Å². The van der Waals surface area contributed by atoms with Gasteiger partial charge in [0.1, 0.15) is 12.3 Å². The van der Waals surface area contributed by atoms with Gasteiger partial charge in [-0.15, -0.1) is 0 Å². The minimum Gasteiger partial charge on any atom is -0.496 e. The highest BCUT2D eigenvalue weighted by Crippen LogP contribution is 2.18. The van der Waals surface area contributed by atoms with Gasteiger partial charge >= 0.3 is 0 Å². The molecule has 0 atom stereocenters. The van der Waals surface area contributed by atoms with Crippen LogP contribution >= 0.6 is 0 Å². The summed E-state index contributed by atoms with van der Waals surface area (Å²) in [5, 5.41) is 9.21. The molecule has 1 amide bonds. The fourth-order valence-corrected chi connectivity index (χ4v) is 2.16. The lowest BCUT2D eigenvalue weighted by molar-refractivity contribution is -0.119. The number of nitrogens with one attached hydrogen (secondary N) is 3. The van der Waals surface area contributed by atoms with Crippen LogP contribution in [0.5, 0.6) is 5.75 Å². The van der Waals surface area contributed by atoms with Crippen LogP contribution in [-0.2, 0) is 11.2 Å². The van der Waals surface area contributed by atoms with Crippen molar-refractivity contribution in [3.63, 3.8) is 0 Å². The molecule has 0 unspecified atom stereocenters. The third-order valence-corrected chi connectivity index (χ3v) is 3.48. The summed E-state index contributed by atoms with van der Waals surface area (Å²) in [6, 6.07) is 6.21. The lowest BCUT2D eigenvalue weighted by Crippen LogP contribution is -2.39. The highest BCUT2D eigenvalue weighted by atomic mass is 16.5. The number of hydrogen-bond acceptors (Lipinski definition) is 3. The first kappa shape index (κ1) is 19.8. The number of methoxy groups -OCH3 is 1. The van der Waals surface area contributed by atoms with Crippen LogP contribution in [0, 0.1) is 6.92 Å². The molecule has 0 spiro atoms. The second kappa shape index (κ2) is 11.3. The van der Waals surface area contributed by atoms with E-state index in [1.807, 2.05) is 20.8 Å². The molecule has 3 N–H and O–H groups in total. The van der Waals surface area contributed by atoms with Gasteiger partial charge in [0.2, 0.25) is 5.91 Å². The van der Waals surface area contributed by atoms with Crippen molar-refractivity contribution in [2.45, 2.75) is 33.6 Å². The molecule has 0 radical (unpaired) electrons. The third kappa shape index (κ3) is 7.35. The number of aryl methyl sites for hydroxylation is 1. The number of aliphatic imine (C=N–C) groups is 1. The Bertz CT molecular complexity index is 544. The molecular weight excluding hydrogens is 304 g/mol. The Morgan fingerprint density at radius 3 is 2.62 bits per heavy atom. The van der Waals surface area contributed by atoms with Crippen LogP contribution in [-0.4, -0.2) is 45.2 Å². The van der Waals surface area contributed by atoms with Gasteiger partial charge in [0.05, 0.1) is 7.11 Å². The number of amides is 1. The van der Waals surface area contributed by atoms with Crippen molar-refractivity contribution in [3.8, 4) is 5.75 Å². The van der Waals surface area contributed by atoms with Gasteiger partial charge in [0.15, 0.2) is 5.96 Å². The molecule has 134 valence electrons. The zero-order chi connectivity index (χ0) is 17.8. The molecule has 0 saturated heterocycles. The minimum atomic E-state index is -0.0580. The van der Waals surface area contributed by atoms with E-state index in [0.717, 1.165) is 37.2 Å². The number of benzene rings is 1. The Morgan fingerprint density at radius 2 is 1.96 bits per heavy atom. The minimum absolute atomic E-state index is 0.0580. The molecule has 6 nitrogen and oxygen atoms in total. The summed E-state index contributed by atoms with van der Waals surface area (Å²) in [7, 11) is 1.68. The van der Waals surface area contributed by atoms with Crippen molar-refractivity contribution in [3.05, 3.63) is 29.3 Å². The highest BCUT2D eigenvalue weighted by molar-refractivity contribution is 5.84. The smallest absolute Gasteiger partial charge is 0.241 e. The Balaban J connectivity index is 2.49. The molecule has 0 aliphatic heterocycles. The van der Waals surface area contributed by atoms with Gasteiger partial charge in [0.25, 0.3) is 0 Å². The monoisotopic (exact) mass is 334 g/mol. The summed E-state index contributed by atoms with van der Waals surface area (Å²) >= 11 is 0. The lowest BCUT2D eigenvalue weighted by Gasteiger charge is -2.12. The van der Waals surface area contributed by atoms with Gasteiger partial charge in [-0.2, -0.15) is 0 Å². The van der Waals surface area contributed by atoms with Crippen molar-refractivity contribution < 1.29 is 9.53 Å². The maximum atomic E-state index is 11.6. The first-order valence-corrected chi connectivity index (χ1v) is 8.53. The first-order chi connectivity index (χ1) is 11.6. The highest BCUT2D eigenvalue weighted by Gasteiger charge is 2.03. The predicted molar refractivity (Wildman–Crippen MR) is 98.7 cm³/mol. The van der Waals surface area contributed by atoms with E-state index in [1.54, 1.807) is 7.11 Å². The van der Waals surface area contributed by atoms with Gasteiger partial charge < -0.3 is 20.7 Å². The van der Waals surface area contributed by atoms with E-state index in [9.17, 15) is 4.79 Å². The summed E-state index contributed by atoms with van der Waals surface area (Å²) in [6.45, 7) is 8.35. The zero-order valence-electron chi connectivity index (χ0n) is 15.2. The molecule has 1 aromatic rings. The van der Waals surface area contributed by atoms with E-state index in [4.69, 9.17) is 4.74 Å². The molecule has 0 aliphatic carbocycles. The van der Waals surface area contributed by atoms with E-state index in [-0.39, 0.29) is 12.5 Å². The van der Waals surface area contributed by atoms with E-state index in [1.165, 1.54) is 5.56 Å². The van der Waals surface area contributed by atoms with Crippen molar-refractivity contribution in [2.24, 2.45) is 4.99 Å². The van der Waals surface area contributed by atoms with Gasteiger partial charge in [-0.05, 0) is 43.9 Å². The molecule has 1 aromatic carbocycles. The molecule has 0 heterocycles. The molecular formula is C18H30N4O2. The number of carbonyl (C=O) groups is 1. The van der Waals surface area contributed by atoms with Gasteiger partial charge in [-0.25, -0.2) is 4.99 Å². The maximum absolute atomic E-state index is 11.6. The fourth-order valence-electron chi connectivity index (χ4n) is 2.16. The van der Waals surface area contributed by atoms with Gasteiger partial charge in [-0.1, -0.05) is 19.1 Å². The summed E-state index contributed by atoms with van der Waals surface area (Å²) in [6.07, 6.45) is 1.77. The molecule has 1 rings (SSSR count). The molecule has 24 heavy (non-hydrogen) atoms. The number of guanidine groups is 1. The van der Waals surface area contributed by atoms with Crippen molar-refractivity contribution >= 4 is 11.9 Å². The number of hydrogen-bond donors (Lipinski definition) is 3. The number of carbonyl (C=O) groups excluding carboxylic acids is 1. The quantitative estimate of drug-likeness (QED) is 0.474. The van der Waals surface area contributed by atoms with E-state index >= 15 is 0 Å². The summed E-state index contributed by atoms with van der Waals surface area (Å²) in [5.41, 5.74) is 2.32. The second-order valence-corrected chi connectivity index (χ2v) is 5.53. The molecule has 0 bridgehead atoms. The molecule has 6 heteroatoms. The van der Waals surface area contributed by atoms with Crippen LogP contribution < -0.4 is 20.7 Å². The Kier molecular flexibility index (Phi) is 9.34. The van der Waals surface area contributed by atoms with Crippen molar-refractivity contribution in [1.82, 2.24) is 16.0 Å². The fraction of sp³-hybridized carbons (Fsp3) is 0.556. The first-order valence-electron chi connectivity index (χ1n) is 8.53. The van der Waals surface area contributed by atoms with E-state index in [2.05, 4.69) is 39.1 Å². The molecule has 0 saturated carbocycles. The van der Waals surface area contributed by atoms with Crippen molar-refractivity contribution in [1.29, 1.82) is 0 Å². The molecule has 0 fully saturated rings. The average molecular weight is 334 g/mol. The van der Waals surface area contributed by atoms with Crippen LogP contribution in [0.25, 0.3) is 0 Å². The lowest BCUT2D eigenvalue weighted by atomic mass is 10.1. The van der Waals surface area contributed by atoms with Crippen LogP contribution in [0.3, 0.4) is 0 Å². The van der Waals surface area contributed by atoms with E-state index < -0.39 is 0 Å². The SMILES string of the molecule is CCCNC(=O)CN=C(NCC)NCCc1ccc(C)c(OC)c1. The summed E-state index contributed by atoms with van der Waals surface area (Å²) in [5.74, 6) is 1.50. The third-order valence-electron chi connectivity index (χ3n) is 3.48. The van der Waals surface area contributed by atoms with Crippen molar-refractivity contribution in [2.75, 3.05) is 33.3 Å². The Hall–Kier alpha value is -2.24. The topological polar surface area (TPSA) is 74.8 Å². The van der Waals surface area contributed by atoms with Gasteiger partial charge in [-0.3, -0.25) is 4.79 Å². The predicted octanol–water partition coefficient (Wildman–Crippen LogP) is 1.63. The van der Waals surface area contributed by atoms with Crippen LogP contribution in [0.4, 0.5) is 0 Å². The van der Waals surface area contributed by atoms with Crippen LogP contribution in [0.15, 0.2) is 23.2 Å². The normalized spacial score (nSPS) is 11.1. The Morgan fingerprint density at radius 1 is 1.17 bits per heavy atom. The zero-order valence-corrected chi connectivity index (χ0v) is 15.2. The molecule has 0 aliphatic rings. The number of rotatable bonds is 9.